The smallest absolute Gasteiger partial charge is 0.348 e. The highest BCUT2D eigenvalue weighted by molar-refractivity contribution is 7.20. The molecule has 0 fully saturated rings. The van der Waals surface area contributed by atoms with Crippen molar-refractivity contribution >= 4 is 56.4 Å². The zero-order chi connectivity index (χ0) is 25.1. The molecule has 0 atom stereocenters. The number of carbonyl (C=O) groups excluding carboxylic acids is 2. The quantitative estimate of drug-likeness (QED) is 0.196. The van der Waals surface area contributed by atoms with Crippen molar-refractivity contribution in [2.75, 3.05) is 18.5 Å². The molecule has 0 aliphatic rings. The SMILES string of the molecule is CCOc1ccc(NC(=O)COC(=O)c2cc3c(C)nn(-c4ccccc4Cl)c3s2)c([N+](=O)[O-])c1. The molecular formula is C23H19ClN4O6S. The molecule has 2 heterocycles. The second kappa shape index (κ2) is 10.1. The largest absolute Gasteiger partial charge is 0.494 e. The van der Waals surface area contributed by atoms with E-state index in [-0.39, 0.29) is 16.3 Å². The van der Waals surface area contributed by atoms with Crippen LogP contribution in [0.2, 0.25) is 5.02 Å². The number of nitro benzene ring substituents is 1. The number of benzene rings is 2. The first-order valence-corrected chi connectivity index (χ1v) is 11.6. The molecule has 0 aliphatic carbocycles. The van der Waals surface area contributed by atoms with E-state index in [1.807, 2.05) is 25.1 Å². The lowest BCUT2D eigenvalue weighted by molar-refractivity contribution is -0.384. The fraction of sp³-hybridized carbons (Fsp3) is 0.174. The lowest BCUT2D eigenvalue weighted by atomic mass is 10.2. The van der Waals surface area contributed by atoms with Crippen LogP contribution < -0.4 is 10.1 Å². The zero-order valence-corrected chi connectivity index (χ0v) is 20.2. The Morgan fingerprint density at radius 1 is 1.23 bits per heavy atom. The van der Waals surface area contributed by atoms with Gasteiger partial charge in [-0.3, -0.25) is 14.9 Å². The van der Waals surface area contributed by atoms with Gasteiger partial charge in [-0.25, -0.2) is 9.48 Å². The molecule has 0 unspecified atom stereocenters. The highest BCUT2D eigenvalue weighted by Gasteiger charge is 2.21. The van der Waals surface area contributed by atoms with Gasteiger partial charge in [0.05, 0.1) is 34.0 Å². The van der Waals surface area contributed by atoms with Crippen molar-refractivity contribution in [1.82, 2.24) is 9.78 Å². The molecule has 12 heteroatoms. The summed E-state index contributed by atoms with van der Waals surface area (Å²) in [5.74, 6) is -1.11. The Morgan fingerprint density at radius 3 is 2.71 bits per heavy atom. The van der Waals surface area contributed by atoms with Crippen molar-refractivity contribution in [2.45, 2.75) is 13.8 Å². The summed E-state index contributed by atoms with van der Waals surface area (Å²) >= 11 is 7.46. The van der Waals surface area contributed by atoms with E-state index in [2.05, 4.69) is 10.4 Å². The molecule has 10 nitrogen and oxygen atoms in total. The van der Waals surface area contributed by atoms with Gasteiger partial charge in [0.1, 0.15) is 21.1 Å². The number of rotatable bonds is 8. The van der Waals surface area contributed by atoms with Crippen molar-refractivity contribution in [1.29, 1.82) is 0 Å². The van der Waals surface area contributed by atoms with Gasteiger partial charge in [-0.1, -0.05) is 23.7 Å². The van der Waals surface area contributed by atoms with Crippen molar-refractivity contribution in [2.24, 2.45) is 0 Å². The number of nitro groups is 1. The predicted molar refractivity (Wildman–Crippen MR) is 132 cm³/mol. The van der Waals surface area contributed by atoms with Crippen molar-refractivity contribution < 1.29 is 24.0 Å². The first-order chi connectivity index (χ1) is 16.8. The van der Waals surface area contributed by atoms with Crippen LogP contribution in [-0.4, -0.2) is 39.8 Å². The second-order valence-electron chi connectivity index (χ2n) is 7.27. The molecule has 0 saturated carbocycles. The maximum Gasteiger partial charge on any atom is 0.348 e. The molecule has 0 radical (unpaired) electrons. The van der Waals surface area contributed by atoms with Crippen LogP contribution in [0.25, 0.3) is 15.9 Å². The maximum atomic E-state index is 12.6. The van der Waals surface area contributed by atoms with Gasteiger partial charge >= 0.3 is 5.97 Å². The molecule has 2 aromatic carbocycles. The normalized spacial score (nSPS) is 10.8. The van der Waals surface area contributed by atoms with Gasteiger partial charge in [0.15, 0.2) is 6.61 Å². The predicted octanol–water partition coefficient (Wildman–Crippen LogP) is 5.15. The monoisotopic (exact) mass is 514 g/mol. The number of aromatic nitrogens is 2. The number of nitrogens with one attached hydrogen (secondary N) is 1. The number of aryl methyl sites for hydroxylation is 1. The van der Waals surface area contributed by atoms with Gasteiger partial charge in [-0.05, 0) is 44.2 Å². The van der Waals surface area contributed by atoms with E-state index in [9.17, 15) is 19.7 Å². The molecule has 4 aromatic rings. The van der Waals surface area contributed by atoms with Crippen molar-refractivity contribution in [3.63, 3.8) is 0 Å². The molecule has 0 bridgehead atoms. The van der Waals surface area contributed by atoms with Crippen molar-refractivity contribution in [3.8, 4) is 11.4 Å². The number of fused-ring (bicyclic) bond motifs is 1. The van der Waals surface area contributed by atoms with Crippen LogP contribution in [0.5, 0.6) is 5.75 Å². The lowest BCUT2D eigenvalue weighted by Crippen LogP contribution is -2.21. The van der Waals surface area contributed by atoms with Gasteiger partial charge in [0.2, 0.25) is 0 Å². The number of hydrogen-bond donors (Lipinski definition) is 1. The Balaban J connectivity index is 1.47. The number of amides is 1. The number of anilines is 1. The summed E-state index contributed by atoms with van der Waals surface area (Å²) in [5.41, 5.74) is 1.01. The van der Waals surface area contributed by atoms with E-state index in [1.165, 1.54) is 18.2 Å². The molecule has 35 heavy (non-hydrogen) atoms. The molecule has 2 aromatic heterocycles. The van der Waals surface area contributed by atoms with Crippen LogP contribution in [0, 0.1) is 17.0 Å². The summed E-state index contributed by atoms with van der Waals surface area (Å²) in [4.78, 5) is 36.6. The van der Waals surface area contributed by atoms with Crippen molar-refractivity contribution in [3.05, 3.63) is 74.2 Å². The summed E-state index contributed by atoms with van der Waals surface area (Å²) in [6.07, 6.45) is 0. The highest BCUT2D eigenvalue weighted by atomic mass is 35.5. The Bertz CT molecular complexity index is 1450. The van der Waals surface area contributed by atoms with Crippen LogP contribution in [0.1, 0.15) is 22.3 Å². The summed E-state index contributed by atoms with van der Waals surface area (Å²) in [7, 11) is 0. The van der Waals surface area contributed by atoms with Gasteiger partial charge in [-0.2, -0.15) is 5.10 Å². The molecule has 180 valence electrons. The number of ether oxygens (including phenoxy) is 2. The molecule has 0 aliphatic heterocycles. The molecule has 4 rings (SSSR count). The van der Waals surface area contributed by atoms with Gasteiger partial charge < -0.3 is 14.8 Å². The average Bonchev–Trinajstić information content (AvgIpc) is 3.39. The summed E-state index contributed by atoms with van der Waals surface area (Å²) in [6, 6.07) is 12.9. The van der Waals surface area contributed by atoms with Crippen LogP contribution in [0.4, 0.5) is 11.4 Å². The molecule has 0 spiro atoms. The fourth-order valence-corrected chi connectivity index (χ4v) is 4.63. The van der Waals surface area contributed by atoms with Crippen LogP contribution in [0.15, 0.2) is 48.5 Å². The molecule has 1 N–H and O–H groups in total. The number of carbonyl (C=O) groups is 2. The third kappa shape index (κ3) is 5.10. The van der Waals surface area contributed by atoms with Crippen LogP contribution >= 0.6 is 22.9 Å². The maximum absolute atomic E-state index is 12.6. The third-order valence-corrected chi connectivity index (χ3v) is 6.32. The topological polar surface area (TPSA) is 126 Å². The molecule has 1 amide bonds. The van der Waals surface area contributed by atoms with Gasteiger partial charge in [-0.15, -0.1) is 11.3 Å². The van der Waals surface area contributed by atoms with E-state index in [0.29, 0.717) is 33.6 Å². The average molecular weight is 515 g/mol. The first-order valence-electron chi connectivity index (χ1n) is 10.4. The van der Waals surface area contributed by atoms with Gasteiger partial charge in [0, 0.05) is 5.39 Å². The number of para-hydroxylation sites is 1. The number of nitrogens with zero attached hydrogens (tertiary/aromatic N) is 3. The highest BCUT2D eigenvalue weighted by Crippen LogP contribution is 2.33. The minimum atomic E-state index is -0.717. The van der Waals surface area contributed by atoms with E-state index >= 15 is 0 Å². The second-order valence-corrected chi connectivity index (χ2v) is 8.71. The summed E-state index contributed by atoms with van der Waals surface area (Å²) in [6.45, 7) is 3.29. The zero-order valence-electron chi connectivity index (χ0n) is 18.6. The number of halogens is 1. The van der Waals surface area contributed by atoms with E-state index in [1.54, 1.807) is 23.7 Å². The number of esters is 1. The first kappa shape index (κ1) is 24.2. The lowest BCUT2D eigenvalue weighted by Gasteiger charge is -2.08. The summed E-state index contributed by atoms with van der Waals surface area (Å²) in [5, 5.41) is 19.5. The van der Waals surface area contributed by atoms with E-state index < -0.39 is 23.4 Å². The third-order valence-electron chi connectivity index (χ3n) is 4.91. The Hall–Kier alpha value is -3.96. The van der Waals surface area contributed by atoms with E-state index in [4.69, 9.17) is 21.1 Å². The molecular weight excluding hydrogens is 496 g/mol. The van der Waals surface area contributed by atoms with Crippen LogP contribution in [0.3, 0.4) is 0 Å². The fourth-order valence-electron chi connectivity index (χ4n) is 3.35. The Morgan fingerprint density at radius 2 is 2.00 bits per heavy atom. The summed E-state index contributed by atoms with van der Waals surface area (Å²) < 4.78 is 12.1. The van der Waals surface area contributed by atoms with Crippen LogP contribution in [-0.2, 0) is 9.53 Å². The molecule has 0 saturated heterocycles. The number of thiophene rings is 1. The minimum Gasteiger partial charge on any atom is -0.494 e. The Kier molecular flexibility index (Phi) is 6.99. The number of hydrogen-bond acceptors (Lipinski definition) is 8. The van der Waals surface area contributed by atoms with E-state index in [0.717, 1.165) is 16.7 Å². The van der Waals surface area contributed by atoms with Gasteiger partial charge in [0.25, 0.3) is 11.6 Å². The minimum absolute atomic E-state index is 0.0307. The standard InChI is InChI=1S/C23H19ClN4O6S/c1-3-33-14-8-9-17(19(10-14)28(31)32)25-21(29)12-34-23(30)20-11-15-13(2)26-27(22(15)35-20)18-7-5-4-6-16(18)24/h4-11H,3,12H2,1-2H3,(H,25,29). The Labute approximate surface area is 208 Å².